The van der Waals surface area contributed by atoms with Gasteiger partial charge < -0.3 is 15.5 Å². The van der Waals surface area contributed by atoms with Gasteiger partial charge in [0.25, 0.3) is 11.8 Å². The molecule has 2 aromatic carbocycles. The van der Waals surface area contributed by atoms with Crippen molar-refractivity contribution in [1.29, 1.82) is 0 Å². The number of fused-ring (bicyclic) bond motifs is 1. The lowest BCUT2D eigenvalue weighted by Gasteiger charge is -2.32. The zero-order valence-corrected chi connectivity index (χ0v) is 20.1. The maximum atomic E-state index is 13.2. The largest absolute Gasteiger partial charge is 0.339 e. The number of pyridine rings is 1. The molecule has 2 aliphatic rings. The van der Waals surface area contributed by atoms with Crippen molar-refractivity contribution in [3.8, 4) is 0 Å². The summed E-state index contributed by atoms with van der Waals surface area (Å²) in [5.74, 6) is 0.0433. The molecule has 5 rings (SSSR count). The molecule has 8 heteroatoms. The monoisotopic (exact) mass is 488 g/mol. The molecule has 7 nitrogen and oxygen atoms in total. The number of piperidine rings is 1. The summed E-state index contributed by atoms with van der Waals surface area (Å²) in [4.78, 5) is 43.3. The van der Waals surface area contributed by atoms with E-state index in [1.54, 1.807) is 24.3 Å². The van der Waals surface area contributed by atoms with E-state index in [1.165, 1.54) is 11.8 Å². The first kappa shape index (κ1) is 23.1. The van der Waals surface area contributed by atoms with Crippen LogP contribution in [0.1, 0.15) is 56.2 Å². The zero-order valence-electron chi connectivity index (χ0n) is 19.3. The summed E-state index contributed by atoms with van der Waals surface area (Å²) in [6.07, 6.45) is 3.58. The van der Waals surface area contributed by atoms with Gasteiger partial charge in [0.05, 0.1) is 12.0 Å². The first-order valence-corrected chi connectivity index (χ1v) is 12.0. The van der Waals surface area contributed by atoms with Crippen molar-refractivity contribution >= 4 is 40.7 Å². The Balaban J connectivity index is 1.24. The molecule has 0 radical (unpaired) electrons. The van der Waals surface area contributed by atoms with E-state index in [4.69, 9.17) is 11.6 Å². The number of amides is 3. The molecule has 0 bridgehead atoms. The summed E-state index contributed by atoms with van der Waals surface area (Å²) in [7, 11) is 0. The Morgan fingerprint density at radius 1 is 1.06 bits per heavy atom. The Morgan fingerprint density at radius 3 is 2.57 bits per heavy atom. The van der Waals surface area contributed by atoms with Crippen LogP contribution in [0, 0.1) is 6.92 Å². The molecule has 3 amide bonds. The highest BCUT2D eigenvalue weighted by Gasteiger charge is 2.26. The van der Waals surface area contributed by atoms with Crippen molar-refractivity contribution in [3.63, 3.8) is 0 Å². The van der Waals surface area contributed by atoms with Crippen molar-refractivity contribution in [2.24, 2.45) is 0 Å². The van der Waals surface area contributed by atoms with Gasteiger partial charge in [-0.3, -0.25) is 14.4 Å². The molecule has 3 aromatic rings. The van der Waals surface area contributed by atoms with E-state index >= 15 is 0 Å². The van der Waals surface area contributed by atoms with Crippen LogP contribution in [0.2, 0.25) is 5.15 Å². The molecular weight excluding hydrogens is 464 g/mol. The van der Waals surface area contributed by atoms with Crippen LogP contribution in [0.25, 0.3) is 0 Å². The standard InChI is InChI=1S/C27H25ClN4O3/c1-16-2-3-19(13-23(16)31-26(34)20-5-7-24(28)29-15-20)27(35)32-10-8-17(9-11-32)18-4-6-22-21(12-18)14-25(33)30-22/h2-7,12-13,15,17H,8-11,14H2,1H3,(H,30,33)(H,31,34). The van der Waals surface area contributed by atoms with Gasteiger partial charge in [-0.25, -0.2) is 4.98 Å². The number of nitrogens with zero attached hydrogens (tertiary/aromatic N) is 2. The molecule has 1 saturated heterocycles. The topological polar surface area (TPSA) is 91.4 Å². The molecule has 0 saturated carbocycles. The molecule has 2 N–H and O–H groups in total. The van der Waals surface area contributed by atoms with Gasteiger partial charge in [-0.2, -0.15) is 0 Å². The summed E-state index contributed by atoms with van der Waals surface area (Å²) < 4.78 is 0. The van der Waals surface area contributed by atoms with Gasteiger partial charge in [0, 0.05) is 36.2 Å². The molecule has 35 heavy (non-hydrogen) atoms. The van der Waals surface area contributed by atoms with Crippen LogP contribution in [-0.2, 0) is 11.2 Å². The first-order chi connectivity index (χ1) is 16.9. The average Bonchev–Trinajstić information content (AvgIpc) is 3.24. The van der Waals surface area contributed by atoms with E-state index in [-0.39, 0.29) is 17.7 Å². The second-order valence-corrected chi connectivity index (χ2v) is 9.45. The van der Waals surface area contributed by atoms with E-state index in [9.17, 15) is 14.4 Å². The average molecular weight is 489 g/mol. The molecule has 2 aliphatic heterocycles. The lowest BCUT2D eigenvalue weighted by atomic mass is 9.88. The van der Waals surface area contributed by atoms with Crippen molar-refractivity contribution in [2.75, 3.05) is 23.7 Å². The third kappa shape index (κ3) is 4.91. The summed E-state index contributed by atoms with van der Waals surface area (Å²) >= 11 is 5.80. The minimum absolute atomic E-state index is 0.0380. The summed E-state index contributed by atoms with van der Waals surface area (Å²) in [5.41, 5.74) is 5.56. The van der Waals surface area contributed by atoms with Crippen LogP contribution in [0.15, 0.2) is 54.7 Å². The van der Waals surface area contributed by atoms with Gasteiger partial charge in [-0.05, 0) is 72.7 Å². The Bertz CT molecular complexity index is 1310. The lowest BCUT2D eigenvalue weighted by molar-refractivity contribution is -0.115. The Labute approximate surface area is 208 Å². The quantitative estimate of drug-likeness (QED) is 0.515. The number of hydrogen-bond donors (Lipinski definition) is 2. The number of nitrogens with one attached hydrogen (secondary N) is 2. The number of carbonyl (C=O) groups excluding carboxylic acids is 3. The summed E-state index contributed by atoms with van der Waals surface area (Å²) in [5, 5.41) is 6.06. The number of aromatic nitrogens is 1. The molecular formula is C27H25ClN4O3. The molecule has 0 aliphatic carbocycles. The van der Waals surface area contributed by atoms with Gasteiger partial charge in [0.15, 0.2) is 0 Å². The van der Waals surface area contributed by atoms with Gasteiger partial charge in [-0.1, -0.05) is 29.8 Å². The number of aryl methyl sites for hydroxylation is 1. The van der Waals surface area contributed by atoms with E-state index < -0.39 is 0 Å². The van der Waals surface area contributed by atoms with E-state index in [0.717, 1.165) is 29.7 Å². The second-order valence-electron chi connectivity index (χ2n) is 9.06. The molecule has 1 aromatic heterocycles. The maximum absolute atomic E-state index is 13.2. The number of rotatable bonds is 4. The second kappa shape index (κ2) is 9.50. The van der Waals surface area contributed by atoms with E-state index in [2.05, 4.69) is 27.8 Å². The van der Waals surface area contributed by atoms with Crippen molar-refractivity contribution in [1.82, 2.24) is 9.88 Å². The van der Waals surface area contributed by atoms with Crippen LogP contribution in [-0.4, -0.2) is 40.7 Å². The van der Waals surface area contributed by atoms with Crippen LogP contribution in [0.4, 0.5) is 11.4 Å². The predicted molar refractivity (Wildman–Crippen MR) is 135 cm³/mol. The molecule has 1 fully saturated rings. The number of benzene rings is 2. The molecule has 3 heterocycles. The Hall–Kier alpha value is -3.71. The molecule has 178 valence electrons. The number of halogens is 1. The summed E-state index contributed by atoms with van der Waals surface area (Å²) in [6.45, 7) is 3.20. The number of carbonyl (C=O) groups is 3. The minimum Gasteiger partial charge on any atom is -0.339 e. The minimum atomic E-state index is -0.311. The Kier molecular flexibility index (Phi) is 6.26. The lowest BCUT2D eigenvalue weighted by Crippen LogP contribution is -2.38. The normalized spacial score (nSPS) is 15.5. The van der Waals surface area contributed by atoms with Gasteiger partial charge in [0.2, 0.25) is 5.91 Å². The highest BCUT2D eigenvalue weighted by Crippen LogP contribution is 2.33. The van der Waals surface area contributed by atoms with E-state index in [0.29, 0.717) is 47.4 Å². The highest BCUT2D eigenvalue weighted by molar-refractivity contribution is 6.29. The van der Waals surface area contributed by atoms with Crippen LogP contribution >= 0.6 is 11.6 Å². The van der Waals surface area contributed by atoms with Crippen molar-refractivity contribution in [3.05, 3.63) is 87.7 Å². The number of likely N-dealkylation sites (tertiary alicyclic amines) is 1. The SMILES string of the molecule is Cc1ccc(C(=O)N2CCC(c3ccc4c(c3)CC(=O)N4)CC2)cc1NC(=O)c1ccc(Cl)nc1. The van der Waals surface area contributed by atoms with Crippen LogP contribution in [0.3, 0.4) is 0 Å². The number of anilines is 2. The molecule has 0 unspecified atom stereocenters. The first-order valence-electron chi connectivity index (χ1n) is 11.6. The fourth-order valence-electron chi connectivity index (χ4n) is 4.70. The van der Waals surface area contributed by atoms with Crippen LogP contribution in [0.5, 0.6) is 0 Å². The van der Waals surface area contributed by atoms with Crippen molar-refractivity contribution in [2.45, 2.75) is 32.1 Å². The summed E-state index contributed by atoms with van der Waals surface area (Å²) in [6, 6.07) is 14.7. The van der Waals surface area contributed by atoms with Crippen molar-refractivity contribution < 1.29 is 14.4 Å². The highest BCUT2D eigenvalue weighted by atomic mass is 35.5. The smallest absolute Gasteiger partial charge is 0.257 e. The third-order valence-corrected chi connectivity index (χ3v) is 6.95. The predicted octanol–water partition coefficient (Wildman–Crippen LogP) is 4.81. The molecule has 0 spiro atoms. The van der Waals surface area contributed by atoms with Gasteiger partial charge in [0.1, 0.15) is 5.15 Å². The van der Waals surface area contributed by atoms with Gasteiger partial charge in [-0.15, -0.1) is 0 Å². The van der Waals surface area contributed by atoms with E-state index in [1.807, 2.05) is 24.0 Å². The zero-order chi connectivity index (χ0) is 24.5. The molecule has 0 atom stereocenters. The maximum Gasteiger partial charge on any atom is 0.257 e. The third-order valence-electron chi connectivity index (χ3n) is 6.73. The Morgan fingerprint density at radius 2 is 1.83 bits per heavy atom. The fraction of sp³-hybridized carbons (Fsp3) is 0.259. The number of hydrogen-bond acceptors (Lipinski definition) is 4. The van der Waals surface area contributed by atoms with Crippen LogP contribution < -0.4 is 10.6 Å². The van der Waals surface area contributed by atoms with Gasteiger partial charge >= 0.3 is 0 Å². The fourth-order valence-corrected chi connectivity index (χ4v) is 4.81.